The predicted molar refractivity (Wildman–Crippen MR) is 43.4 cm³/mol. The Hall–Kier alpha value is -1.00. The van der Waals surface area contributed by atoms with E-state index in [1.807, 2.05) is 0 Å². The molecule has 1 aromatic heterocycles. The van der Waals surface area contributed by atoms with Gasteiger partial charge in [-0.2, -0.15) is 26.3 Å². The van der Waals surface area contributed by atoms with E-state index in [2.05, 4.69) is 22.8 Å². The molecule has 1 N–H and O–H groups in total. The quantitative estimate of drug-likeness (QED) is 0.658. The topological polar surface area (TPSA) is 41.6 Å². The molecule has 0 saturated carbocycles. The molecule has 3 nitrogen and oxygen atoms in total. The molecule has 0 fully saturated rings. The van der Waals surface area contributed by atoms with E-state index in [9.17, 15) is 30.7 Å². The van der Waals surface area contributed by atoms with Crippen molar-refractivity contribution in [3.8, 4) is 0 Å². The number of hydrogen-bond acceptors (Lipinski definition) is 3. The maximum atomic E-state index is 13.1. The van der Waals surface area contributed by atoms with Crippen LogP contribution in [0, 0.1) is 0 Å². The molecular formula is C6H4F7N3S. The van der Waals surface area contributed by atoms with Gasteiger partial charge in [-0.1, -0.05) is 0 Å². The SMILES string of the molecule is FCC(F)(F)C(F)(F)C(F)(F)c1nnc(S)[nH]1. The smallest absolute Gasteiger partial charge is 0.315 e. The number of nitrogens with zero attached hydrogens (tertiary/aromatic N) is 2. The second-order valence-electron chi connectivity index (χ2n) is 2.98. The highest BCUT2D eigenvalue weighted by atomic mass is 32.1. The first-order valence-electron chi connectivity index (χ1n) is 3.88. The number of thiol groups is 1. The lowest BCUT2D eigenvalue weighted by molar-refractivity contribution is -0.320. The fourth-order valence-electron chi connectivity index (χ4n) is 0.857. The fraction of sp³-hybridized carbons (Fsp3) is 0.667. The zero-order valence-corrected chi connectivity index (χ0v) is 8.59. The van der Waals surface area contributed by atoms with Crippen LogP contribution in [0.15, 0.2) is 5.16 Å². The van der Waals surface area contributed by atoms with E-state index in [1.54, 1.807) is 0 Å². The molecule has 0 aliphatic carbocycles. The molecule has 1 heterocycles. The Morgan fingerprint density at radius 3 is 1.94 bits per heavy atom. The van der Waals surface area contributed by atoms with Crippen molar-refractivity contribution in [1.82, 2.24) is 15.2 Å². The van der Waals surface area contributed by atoms with Gasteiger partial charge >= 0.3 is 17.8 Å². The van der Waals surface area contributed by atoms with Crippen LogP contribution >= 0.6 is 12.6 Å². The van der Waals surface area contributed by atoms with E-state index in [4.69, 9.17) is 0 Å². The van der Waals surface area contributed by atoms with Crippen LogP contribution in [-0.4, -0.2) is 33.7 Å². The molecule has 98 valence electrons. The van der Waals surface area contributed by atoms with Gasteiger partial charge in [0.1, 0.15) is 0 Å². The molecule has 1 aromatic rings. The highest BCUT2D eigenvalue weighted by Gasteiger charge is 2.73. The lowest BCUT2D eigenvalue weighted by atomic mass is 10.1. The predicted octanol–water partition coefficient (Wildman–Crippen LogP) is 2.43. The van der Waals surface area contributed by atoms with Gasteiger partial charge in [0, 0.05) is 0 Å². The van der Waals surface area contributed by atoms with Crippen LogP contribution in [0.3, 0.4) is 0 Å². The molecule has 0 aliphatic heterocycles. The van der Waals surface area contributed by atoms with Crippen LogP contribution in [0.2, 0.25) is 0 Å². The molecule has 0 aliphatic rings. The molecule has 0 aromatic carbocycles. The summed E-state index contributed by atoms with van der Waals surface area (Å²) in [5, 5.41) is 4.77. The third-order valence-corrected chi connectivity index (χ3v) is 2.00. The van der Waals surface area contributed by atoms with Crippen LogP contribution in [-0.2, 0) is 5.92 Å². The average Bonchev–Trinajstić information content (AvgIpc) is 2.64. The first-order chi connectivity index (χ1) is 7.56. The average molecular weight is 283 g/mol. The summed E-state index contributed by atoms with van der Waals surface area (Å²) in [7, 11) is 0. The normalized spacial score (nSPS) is 14.1. The number of nitrogens with one attached hydrogen (secondary N) is 1. The molecule has 0 spiro atoms. The van der Waals surface area contributed by atoms with Crippen molar-refractivity contribution in [2.24, 2.45) is 0 Å². The van der Waals surface area contributed by atoms with Crippen molar-refractivity contribution < 1.29 is 30.7 Å². The molecule has 1 rings (SSSR count). The molecule has 0 unspecified atom stereocenters. The molecule has 0 amide bonds. The highest BCUT2D eigenvalue weighted by molar-refractivity contribution is 7.80. The summed E-state index contributed by atoms with van der Waals surface area (Å²) in [6.07, 6.45) is 0. The van der Waals surface area contributed by atoms with Gasteiger partial charge in [-0.25, -0.2) is 4.39 Å². The summed E-state index contributed by atoms with van der Waals surface area (Å²) in [5.74, 6) is -18.7. The summed E-state index contributed by atoms with van der Waals surface area (Å²) >= 11 is 3.36. The largest absolute Gasteiger partial charge is 0.382 e. The second kappa shape index (κ2) is 4.03. The van der Waals surface area contributed by atoms with E-state index >= 15 is 0 Å². The number of rotatable bonds is 4. The zero-order valence-electron chi connectivity index (χ0n) is 7.69. The van der Waals surface area contributed by atoms with Crippen molar-refractivity contribution in [1.29, 1.82) is 0 Å². The maximum Gasteiger partial charge on any atom is 0.382 e. The number of hydrogen-bond donors (Lipinski definition) is 2. The summed E-state index contributed by atoms with van der Waals surface area (Å²) < 4.78 is 88.3. The van der Waals surface area contributed by atoms with E-state index < -0.39 is 35.4 Å². The van der Waals surface area contributed by atoms with E-state index in [1.165, 1.54) is 4.98 Å². The molecule has 0 radical (unpaired) electrons. The van der Waals surface area contributed by atoms with Crippen LogP contribution in [0.4, 0.5) is 30.7 Å². The monoisotopic (exact) mass is 283 g/mol. The fourth-order valence-corrected chi connectivity index (χ4v) is 1.01. The molecule has 0 bridgehead atoms. The first-order valence-corrected chi connectivity index (χ1v) is 4.32. The minimum Gasteiger partial charge on any atom is -0.315 e. The van der Waals surface area contributed by atoms with Crippen molar-refractivity contribution >= 4 is 12.6 Å². The first kappa shape index (κ1) is 14.1. The van der Waals surface area contributed by atoms with Crippen molar-refractivity contribution in [3.05, 3.63) is 5.82 Å². The number of aromatic amines is 1. The number of alkyl halides is 7. The van der Waals surface area contributed by atoms with Crippen LogP contribution in [0.1, 0.15) is 5.82 Å². The minimum atomic E-state index is -5.95. The summed E-state index contributed by atoms with van der Waals surface area (Å²) in [5.41, 5.74) is 0. The third kappa shape index (κ3) is 2.07. The maximum absolute atomic E-state index is 13.1. The summed E-state index contributed by atoms with van der Waals surface area (Å²) in [6.45, 7) is -2.93. The van der Waals surface area contributed by atoms with Crippen molar-refractivity contribution in [2.45, 2.75) is 22.9 Å². The molecule has 11 heteroatoms. The standard InChI is InChI=1S/C6H4F7N3S/c7-1-4(8,9)6(12,13)5(10,11)2-14-3(17)16-15-2/h1H2,(H2,14,15,16,17). The Labute approximate surface area is 94.8 Å². The Kier molecular flexibility index (Phi) is 3.34. The van der Waals surface area contributed by atoms with Gasteiger partial charge in [0.05, 0.1) is 0 Å². The molecular weight excluding hydrogens is 279 g/mol. The van der Waals surface area contributed by atoms with Crippen LogP contribution in [0.25, 0.3) is 0 Å². The van der Waals surface area contributed by atoms with Gasteiger partial charge < -0.3 is 4.98 Å². The Balaban J connectivity index is 3.21. The van der Waals surface area contributed by atoms with Gasteiger partial charge in [0.2, 0.25) is 5.82 Å². The number of halogens is 7. The van der Waals surface area contributed by atoms with Crippen LogP contribution in [0.5, 0.6) is 0 Å². The highest BCUT2D eigenvalue weighted by Crippen LogP contribution is 2.50. The lowest BCUT2D eigenvalue weighted by Crippen LogP contribution is -2.54. The lowest BCUT2D eigenvalue weighted by Gasteiger charge is -2.29. The Morgan fingerprint density at radius 1 is 1.06 bits per heavy atom. The molecule has 0 atom stereocenters. The Morgan fingerprint density at radius 2 is 1.59 bits per heavy atom. The molecule has 17 heavy (non-hydrogen) atoms. The van der Waals surface area contributed by atoms with Crippen LogP contribution < -0.4 is 0 Å². The summed E-state index contributed by atoms with van der Waals surface area (Å²) in [4.78, 5) is 1.47. The number of H-pyrrole nitrogens is 1. The third-order valence-electron chi connectivity index (χ3n) is 1.79. The van der Waals surface area contributed by atoms with Gasteiger partial charge in [-0.15, -0.1) is 22.8 Å². The summed E-state index contributed by atoms with van der Waals surface area (Å²) in [6, 6.07) is 0. The van der Waals surface area contributed by atoms with E-state index in [0.717, 1.165) is 0 Å². The zero-order chi connectivity index (χ0) is 13.5. The van der Waals surface area contributed by atoms with Gasteiger partial charge in [0.25, 0.3) is 0 Å². The number of aromatic nitrogens is 3. The van der Waals surface area contributed by atoms with E-state index in [-0.39, 0.29) is 0 Å². The molecule has 0 saturated heterocycles. The van der Waals surface area contributed by atoms with Gasteiger partial charge in [-0.3, -0.25) is 0 Å². The van der Waals surface area contributed by atoms with Gasteiger partial charge in [-0.05, 0) is 0 Å². The second-order valence-corrected chi connectivity index (χ2v) is 3.41. The van der Waals surface area contributed by atoms with Crippen molar-refractivity contribution in [3.63, 3.8) is 0 Å². The van der Waals surface area contributed by atoms with Crippen molar-refractivity contribution in [2.75, 3.05) is 6.67 Å². The van der Waals surface area contributed by atoms with E-state index in [0.29, 0.717) is 0 Å². The van der Waals surface area contributed by atoms with Gasteiger partial charge in [0.15, 0.2) is 11.8 Å². The minimum absolute atomic E-state index is 0.570. The Bertz CT molecular complexity index is 404.